The molecule has 4 rings (SSSR count). The summed E-state index contributed by atoms with van der Waals surface area (Å²) < 4.78 is 38.5. The molecule has 0 bridgehead atoms. The van der Waals surface area contributed by atoms with Crippen LogP contribution in [0.1, 0.15) is 21.5 Å². The molecule has 3 aromatic rings. The van der Waals surface area contributed by atoms with Gasteiger partial charge in [-0.25, -0.2) is 17.7 Å². The molecule has 1 aliphatic heterocycles. The second-order valence-electron chi connectivity index (χ2n) is 7.34. The summed E-state index contributed by atoms with van der Waals surface area (Å²) in [6.07, 6.45) is -0.210. The molecule has 0 N–H and O–H groups in total. The van der Waals surface area contributed by atoms with Gasteiger partial charge in [-0.15, -0.1) is 11.3 Å². The first-order chi connectivity index (χ1) is 15.5. The van der Waals surface area contributed by atoms with Gasteiger partial charge in [0.25, 0.3) is 5.91 Å². The number of carbonyl (C=O) groups is 3. The summed E-state index contributed by atoms with van der Waals surface area (Å²) in [6, 6.07) is 10.9. The lowest BCUT2D eigenvalue weighted by molar-refractivity contribution is -0.118. The molecule has 1 aliphatic rings. The third-order valence-corrected chi connectivity index (χ3v) is 9.08. The Kier molecular flexibility index (Phi) is 6.41. The molecule has 0 saturated carbocycles. The number of benzene rings is 2. The Morgan fingerprint density at radius 1 is 1.06 bits per heavy atom. The molecule has 2 heterocycles. The highest BCUT2D eigenvalue weighted by molar-refractivity contribution is 7.94. The van der Waals surface area contributed by atoms with E-state index in [1.165, 1.54) is 42.5 Å². The van der Waals surface area contributed by atoms with Crippen LogP contribution in [0.4, 0.5) is 10.1 Å². The Balaban J connectivity index is 1.48. The molecular formula is C22H14Cl2FNO5S2. The van der Waals surface area contributed by atoms with Crippen molar-refractivity contribution in [3.63, 3.8) is 0 Å². The van der Waals surface area contributed by atoms with Crippen molar-refractivity contribution in [3.8, 4) is 0 Å². The molecule has 6 nitrogen and oxygen atoms in total. The molecule has 33 heavy (non-hydrogen) atoms. The number of hydrogen-bond donors (Lipinski definition) is 0. The molecule has 0 aliphatic carbocycles. The van der Waals surface area contributed by atoms with Gasteiger partial charge in [-0.3, -0.25) is 14.4 Å². The number of fused-ring (bicyclic) bond motifs is 1. The molecule has 170 valence electrons. The van der Waals surface area contributed by atoms with Crippen LogP contribution in [-0.4, -0.2) is 31.8 Å². The first-order valence-corrected chi connectivity index (χ1v) is 12.7. The molecule has 0 saturated heterocycles. The zero-order valence-electron chi connectivity index (χ0n) is 16.7. The lowest BCUT2D eigenvalue weighted by Gasteiger charge is -2.27. The van der Waals surface area contributed by atoms with Crippen LogP contribution in [0.2, 0.25) is 9.36 Å². The van der Waals surface area contributed by atoms with E-state index in [-0.39, 0.29) is 37.7 Å². The number of imide groups is 1. The Labute approximate surface area is 202 Å². The van der Waals surface area contributed by atoms with Crippen LogP contribution in [0.15, 0.2) is 52.7 Å². The molecule has 2 amide bonds. The number of ketones is 1. The molecule has 0 unspecified atom stereocenters. The van der Waals surface area contributed by atoms with Crippen molar-refractivity contribution in [3.05, 3.63) is 80.4 Å². The van der Waals surface area contributed by atoms with E-state index in [1.807, 2.05) is 0 Å². The third kappa shape index (κ3) is 4.86. The van der Waals surface area contributed by atoms with Crippen molar-refractivity contribution in [2.75, 3.05) is 10.7 Å². The lowest BCUT2D eigenvalue weighted by Crippen LogP contribution is -2.42. The summed E-state index contributed by atoms with van der Waals surface area (Å²) >= 11 is 12.4. The van der Waals surface area contributed by atoms with Gasteiger partial charge in [-0.1, -0.05) is 41.4 Å². The van der Waals surface area contributed by atoms with Crippen LogP contribution >= 0.6 is 34.5 Å². The van der Waals surface area contributed by atoms with E-state index in [0.717, 1.165) is 22.3 Å². The molecule has 0 radical (unpaired) electrons. The van der Waals surface area contributed by atoms with Crippen LogP contribution in [0.25, 0.3) is 0 Å². The number of amides is 2. The summed E-state index contributed by atoms with van der Waals surface area (Å²) in [5, 5.41) is 0.107. The summed E-state index contributed by atoms with van der Waals surface area (Å²) in [6.45, 7) is 0. The fourth-order valence-corrected chi connectivity index (χ4v) is 6.65. The number of sulfone groups is 1. The van der Waals surface area contributed by atoms with E-state index < -0.39 is 39.0 Å². The van der Waals surface area contributed by atoms with Crippen molar-refractivity contribution in [1.29, 1.82) is 0 Å². The van der Waals surface area contributed by atoms with E-state index in [4.69, 9.17) is 23.2 Å². The lowest BCUT2D eigenvalue weighted by atomic mass is 9.97. The van der Waals surface area contributed by atoms with E-state index in [0.29, 0.717) is 11.1 Å². The Bertz CT molecular complexity index is 1380. The number of nitrogens with zero attached hydrogens (tertiary/aromatic N) is 1. The van der Waals surface area contributed by atoms with Gasteiger partial charge in [-0.2, -0.15) is 0 Å². The smallest absolute Gasteiger partial charge is 0.265 e. The van der Waals surface area contributed by atoms with Gasteiger partial charge in [0.1, 0.15) is 20.1 Å². The number of carbonyl (C=O) groups excluding carboxylic acids is 3. The predicted octanol–water partition coefficient (Wildman–Crippen LogP) is 4.51. The normalized spacial score (nSPS) is 13.8. The van der Waals surface area contributed by atoms with Crippen LogP contribution in [-0.2, 0) is 32.3 Å². The first kappa shape index (κ1) is 23.6. The highest BCUT2D eigenvalue weighted by Gasteiger charge is 2.32. The summed E-state index contributed by atoms with van der Waals surface area (Å²) in [5.41, 5.74) is 1.35. The first-order valence-electron chi connectivity index (χ1n) is 9.49. The largest absolute Gasteiger partial charge is 0.298 e. The van der Waals surface area contributed by atoms with Gasteiger partial charge in [-0.05, 0) is 41.5 Å². The number of anilines is 1. The number of hydrogen-bond acceptors (Lipinski definition) is 6. The van der Waals surface area contributed by atoms with Gasteiger partial charge in [0.15, 0.2) is 15.6 Å². The minimum absolute atomic E-state index is 0.0454. The van der Waals surface area contributed by atoms with Gasteiger partial charge in [0.2, 0.25) is 5.91 Å². The topological polar surface area (TPSA) is 88.6 Å². The van der Waals surface area contributed by atoms with E-state index in [2.05, 4.69) is 0 Å². The molecule has 1 aromatic heterocycles. The number of thiophene rings is 1. The zero-order valence-corrected chi connectivity index (χ0v) is 19.8. The SMILES string of the molecule is O=C(Cc1ccc(N2C(=O)Cc3ccc(F)cc3C2=O)cc1)CS(=O)(=O)c1cc(Cl)c(Cl)s1. The Morgan fingerprint density at radius 3 is 2.39 bits per heavy atom. The van der Waals surface area contributed by atoms with Gasteiger partial charge >= 0.3 is 0 Å². The van der Waals surface area contributed by atoms with Crippen molar-refractivity contribution in [2.24, 2.45) is 0 Å². The molecular weight excluding hydrogens is 512 g/mol. The van der Waals surface area contributed by atoms with Crippen molar-refractivity contribution < 1.29 is 27.2 Å². The standard InChI is InChI=1S/C22H14Cl2FNO5S2/c23-18-10-20(32-21(18)24)33(30,31)11-16(27)7-12-1-5-15(6-2-12)26-19(28)8-13-3-4-14(25)9-17(13)22(26)29/h1-6,9-10H,7-8,11H2. The number of rotatable bonds is 6. The summed E-state index contributed by atoms with van der Waals surface area (Å²) in [4.78, 5) is 38.6. The Morgan fingerprint density at radius 2 is 1.76 bits per heavy atom. The monoisotopic (exact) mass is 525 g/mol. The second kappa shape index (κ2) is 8.98. The highest BCUT2D eigenvalue weighted by atomic mass is 35.5. The zero-order chi connectivity index (χ0) is 23.9. The molecule has 2 aromatic carbocycles. The summed E-state index contributed by atoms with van der Waals surface area (Å²) in [5.74, 6) is -2.93. The molecule has 0 atom stereocenters. The summed E-state index contributed by atoms with van der Waals surface area (Å²) in [7, 11) is -3.88. The quantitative estimate of drug-likeness (QED) is 0.441. The van der Waals surface area contributed by atoms with Crippen molar-refractivity contribution in [1.82, 2.24) is 0 Å². The van der Waals surface area contributed by atoms with Crippen LogP contribution in [0, 0.1) is 5.82 Å². The predicted molar refractivity (Wildman–Crippen MR) is 123 cm³/mol. The molecule has 0 fully saturated rings. The average molecular weight is 526 g/mol. The number of halogens is 3. The molecule has 11 heteroatoms. The average Bonchev–Trinajstić information content (AvgIpc) is 3.09. The maximum Gasteiger partial charge on any atom is 0.265 e. The van der Waals surface area contributed by atoms with E-state index in [9.17, 15) is 27.2 Å². The minimum Gasteiger partial charge on any atom is -0.298 e. The maximum atomic E-state index is 13.6. The van der Waals surface area contributed by atoms with Crippen molar-refractivity contribution >= 4 is 67.7 Å². The van der Waals surface area contributed by atoms with Crippen LogP contribution in [0.5, 0.6) is 0 Å². The fourth-order valence-electron chi connectivity index (χ4n) is 3.44. The van der Waals surface area contributed by atoms with Crippen LogP contribution < -0.4 is 4.90 Å². The van der Waals surface area contributed by atoms with Gasteiger partial charge < -0.3 is 0 Å². The van der Waals surface area contributed by atoms with Crippen molar-refractivity contribution in [2.45, 2.75) is 17.1 Å². The van der Waals surface area contributed by atoms with Crippen LogP contribution in [0.3, 0.4) is 0 Å². The Hall–Kier alpha value is -2.59. The maximum absolute atomic E-state index is 13.6. The highest BCUT2D eigenvalue weighted by Crippen LogP contribution is 2.35. The van der Waals surface area contributed by atoms with E-state index >= 15 is 0 Å². The number of Topliss-reactive ketones (excluding diaryl/α,β-unsaturated/α-hetero) is 1. The third-order valence-electron chi connectivity index (χ3n) is 4.97. The fraction of sp³-hybridized carbons (Fsp3) is 0.136. The van der Waals surface area contributed by atoms with Gasteiger partial charge in [0, 0.05) is 12.0 Å². The molecule has 0 spiro atoms. The minimum atomic E-state index is -3.88. The second-order valence-corrected chi connectivity index (χ2v) is 11.6. The van der Waals surface area contributed by atoms with Gasteiger partial charge in [0.05, 0.1) is 17.1 Å². The van der Waals surface area contributed by atoms with E-state index in [1.54, 1.807) is 0 Å².